The number of nitro groups is 1. The lowest BCUT2D eigenvalue weighted by Gasteiger charge is -2.25. The Bertz CT molecular complexity index is 491. The predicted octanol–water partition coefficient (Wildman–Crippen LogP) is 1.58. The minimum Gasteiger partial charge on any atom is -0.395 e. The first-order chi connectivity index (χ1) is 8.86. The molecule has 7 heteroatoms. The Hall–Kier alpha value is -2.02. The fraction of sp³-hybridized carbons (Fsp3) is 0.417. The van der Waals surface area contributed by atoms with Gasteiger partial charge in [-0.1, -0.05) is 0 Å². The van der Waals surface area contributed by atoms with E-state index in [2.05, 4.69) is 0 Å². The highest BCUT2D eigenvalue weighted by Crippen LogP contribution is 2.18. The van der Waals surface area contributed by atoms with Gasteiger partial charge in [-0.3, -0.25) is 14.9 Å². The van der Waals surface area contributed by atoms with E-state index in [1.54, 1.807) is 13.8 Å². The molecule has 1 rings (SSSR count). The van der Waals surface area contributed by atoms with E-state index in [0.717, 1.165) is 18.2 Å². The molecule has 1 aromatic carbocycles. The maximum Gasteiger partial charge on any atom is 0.273 e. The molecular weight excluding hydrogens is 255 g/mol. The van der Waals surface area contributed by atoms with Crippen molar-refractivity contribution < 1.29 is 19.2 Å². The van der Waals surface area contributed by atoms with E-state index in [4.69, 9.17) is 5.11 Å². The van der Waals surface area contributed by atoms with Crippen LogP contribution >= 0.6 is 0 Å². The molecule has 0 fully saturated rings. The molecule has 0 aliphatic rings. The van der Waals surface area contributed by atoms with Gasteiger partial charge in [0.2, 0.25) is 0 Å². The van der Waals surface area contributed by atoms with E-state index in [1.807, 2.05) is 0 Å². The fourth-order valence-corrected chi connectivity index (χ4v) is 1.67. The lowest BCUT2D eigenvalue weighted by atomic mass is 10.1. The average molecular weight is 270 g/mol. The zero-order valence-corrected chi connectivity index (χ0v) is 10.7. The van der Waals surface area contributed by atoms with Crippen LogP contribution in [-0.4, -0.2) is 40.0 Å². The number of nitrogens with zero attached hydrogens (tertiary/aromatic N) is 2. The van der Waals surface area contributed by atoms with Crippen LogP contribution in [0.2, 0.25) is 0 Å². The third kappa shape index (κ3) is 3.72. The molecule has 0 radical (unpaired) electrons. The Labute approximate surface area is 109 Å². The zero-order chi connectivity index (χ0) is 14.6. The first-order valence-electron chi connectivity index (χ1n) is 5.73. The van der Waals surface area contributed by atoms with Crippen LogP contribution in [0.5, 0.6) is 0 Å². The maximum atomic E-state index is 13.3. The van der Waals surface area contributed by atoms with Gasteiger partial charge in [0, 0.05) is 24.2 Å². The molecule has 0 unspecified atom stereocenters. The summed E-state index contributed by atoms with van der Waals surface area (Å²) < 4.78 is 13.3. The number of amides is 1. The van der Waals surface area contributed by atoms with E-state index >= 15 is 0 Å². The number of non-ortho nitro benzene ring substituents is 1. The van der Waals surface area contributed by atoms with Crippen molar-refractivity contribution >= 4 is 11.6 Å². The summed E-state index contributed by atoms with van der Waals surface area (Å²) in [6.07, 6.45) is 0. The predicted molar refractivity (Wildman–Crippen MR) is 66.3 cm³/mol. The van der Waals surface area contributed by atoms with Crippen molar-refractivity contribution in [2.75, 3.05) is 13.2 Å². The van der Waals surface area contributed by atoms with Gasteiger partial charge in [0.05, 0.1) is 17.6 Å². The third-order valence-electron chi connectivity index (χ3n) is 2.57. The Morgan fingerprint density at radius 2 is 2.11 bits per heavy atom. The van der Waals surface area contributed by atoms with Crippen LogP contribution in [0.25, 0.3) is 0 Å². The topological polar surface area (TPSA) is 83.7 Å². The molecule has 1 N–H and O–H groups in total. The van der Waals surface area contributed by atoms with Gasteiger partial charge in [0.15, 0.2) is 0 Å². The van der Waals surface area contributed by atoms with Gasteiger partial charge in [-0.25, -0.2) is 4.39 Å². The molecular formula is C12H15FN2O4. The summed E-state index contributed by atoms with van der Waals surface area (Å²) in [6.45, 7) is 3.32. The van der Waals surface area contributed by atoms with Crippen LogP contribution in [0.3, 0.4) is 0 Å². The number of nitro benzene ring substituents is 1. The van der Waals surface area contributed by atoms with Gasteiger partial charge in [-0.2, -0.15) is 0 Å². The number of carbonyl (C=O) groups excluding carboxylic acids is 1. The highest BCUT2D eigenvalue weighted by atomic mass is 19.1. The van der Waals surface area contributed by atoms with Gasteiger partial charge >= 0.3 is 0 Å². The van der Waals surface area contributed by atoms with Crippen LogP contribution in [0.15, 0.2) is 18.2 Å². The van der Waals surface area contributed by atoms with Crippen molar-refractivity contribution in [2.24, 2.45) is 0 Å². The summed E-state index contributed by atoms with van der Waals surface area (Å²) in [4.78, 5) is 23.3. The van der Waals surface area contributed by atoms with E-state index in [0.29, 0.717) is 0 Å². The second-order valence-corrected chi connectivity index (χ2v) is 4.27. The maximum absolute atomic E-state index is 13.3. The molecule has 1 amide bonds. The van der Waals surface area contributed by atoms with Crippen molar-refractivity contribution in [3.8, 4) is 0 Å². The summed E-state index contributed by atoms with van der Waals surface area (Å²) in [5, 5.41) is 19.5. The normalized spacial score (nSPS) is 10.6. The fourth-order valence-electron chi connectivity index (χ4n) is 1.67. The minimum absolute atomic E-state index is 0.0841. The first kappa shape index (κ1) is 15.0. The van der Waals surface area contributed by atoms with E-state index in [-0.39, 0.29) is 24.8 Å². The molecule has 0 aliphatic carbocycles. The molecule has 104 valence electrons. The van der Waals surface area contributed by atoms with Gasteiger partial charge in [0.25, 0.3) is 11.6 Å². The second-order valence-electron chi connectivity index (χ2n) is 4.27. The average Bonchev–Trinajstić information content (AvgIpc) is 2.33. The van der Waals surface area contributed by atoms with Crippen LogP contribution in [0.1, 0.15) is 24.2 Å². The lowest BCUT2D eigenvalue weighted by molar-refractivity contribution is -0.385. The molecule has 6 nitrogen and oxygen atoms in total. The Morgan fingerprint density at radius 3 is 2.58 bits per heavy atom. The lowest BCUT2D eigenvalue weighted by Crippen LogP contribution is -2.39. The van der Waals surface area contributed by atoms with Crippen molar-refractivity contribution in [3.05, 3.63) is 39.7 Å². The van der Waals surface area contributed by atoms with E-state index in [9.17, 15) is 19.3 Å². The molecule has 1 aromatic rings. The van der Waals surface area contributed by atoms with E-state index < -0.39 is 22.3 Å². The summed E-state index contributed by atoms with van der Waals surface area (Å²) in [5.74, 6) is -1.39. The summed E-state index contributed by atoms with van der Waals surface area (Å²) in [7, 11) is 0. The Kier molecular flexibility index (Phi) is 4.94. The Balaban J connectivity index is 3.13. The second kappa shape index (κ2) is 6.24. The highest BCUT2D eigenvalue weighted by Gasteiger charge is 2.21. The van der Waals surface area contributed by atoms with Crippen molar-refractivity contribution in [1.29, 1.82) is 0 Å². The molecule has 0 aromatic heterocycles. The van der Waals surface area contributed by atoms with Crippen LogP contribution in [-0.2, 0) is 0 Å². The van der Waals surface area contributed by atoms with Crippen LogP contribution < -0.4 is 0 Å². The molecule has 0 bridgehead atoms. The summed E-state index contributed by atoms with van der Waals surface area (Å²) in [6, 6.07) is 2.52. The number of hydrogen-bond acceptors (Lipinski definition) is 4. The number of aliphatic hydroxyl groups excluding tert-OH is 1. The number of halogens is 1. The number of benzene rings is 1. The molecule has 0 spiro atoms. The number of hydrogen-bond donors (Lipinski definition) is 1. The molecule has 0 saturated heterocycles. The quantitative estimate of drug-likeness (QED) is 0.650. The smallest absolute Gasteiger partial charge is 0.273 e. The molecule has 19 heavy (non-hydrogen) atoms. The molecule has 0 aliphatic heterocycles. The largest absolute Gasteiger partial charge is 0.395 e. The third-order valence-corrected chi connectivity index (χ3v) is 2.57. The van der Waals surface area contributed by atoms with Crippen molar-refractivity contribution in [1.82, 2.24) is 4.90 Å². The first-order valence-corrected chi connectivity index (χ1v) is 5.73. The van der Waals surface area contributed by atoms with Gasteiger partial charge in [-0.15, -0.1) is 0 Å². The monoisotopic (exact) mass is 270 g/mol. The number of aliphatic hydroxyl groups is 1. The molecule has 0 saturated carbocycles. The molecule has 0 atom stereocenters. The van der Waals surface area contributed by atoms with Gasteiger partial charge < -0.3 is 10.0 Å². The summed E-state index contributed by atoms with van der Waals surface area (Å²) in [5.41, 5.74) is -0.579. The zero-order valence-electron chi connectivity index (χ0n) is 10.7. The van der Waals surface area contributed by atoms with E-state index in [1.165, 1.54) is 4.90 Å². The van der Waals surface area contributed by atoms with Crippen molar-refractivity contribution in [2.45, 2.75) is 19.9 Å². The highest BCUT2D eigenvalue weighted by molar-refractivity contribution is 5.95. The van der Waals surface area contributed by atoms with Crippen molar-refractivity contribution in [3.63, 3.8) is 0 Å². The number of rotatable bonds is 5. The van der Waals surface area contributed by atoms with Gasteiger partial charge in [-0.05, 0) is 19.9 Å². The van der Waals surface area contributed by atoms with Crippen LogP contribution in [0, 0.1) is 15.9 Å². The number of carbonyl (C=O) groups is 1. The Morgan fingerprint density at radius 1 is 1.47 bits per heavy atom. The van der Waals surface area contributed by atoms with Gasteiger partial charge in [0.1, 0.15) is 5.82 Å². The standard InChI is InChI=1S/C12H15FN2O4/c1-8(2)14(3-4-16)12(17)9-5-10(13)7-11(6-9)15(18)19/h5-8,16H,3-4H2,1-2H3. The molecule has 0 heterocycles. The van der Waals surface area contributed by atoms with Crippen LogP contribution in [0.4, 0.5) is 10.1 Å². The minimum atomic E-state index is -0.842. The summed E-state index contributed by atoms with van der Waals surface area (Å²) >= 11 is 0. The SMILES string of the molecule is CC(C)N(CCO)C(=O)c1cc(F)cc([N+](=O)[O-])c1.